The highest BCUT2D eigenvalue weighted by molar-refractivity contribution is 6.08. The van der Waals surface area contributed by atoms with Crippen LogP contribution in [-0.4, -0.2) is 5.91 Å². The van der Waals surface area contributed by atoms with Gasteiger partial charge in [0, 0.05) is 5.39 Å². The maximum absolute atomic E-state index is 12.8. The molecule has 0 bridgehead atoms. The number of carbonyl (C=O) groups excluding carboxylic acids is 1. The Morgan fingerprint density at radius 2 is 1.81 bits per heavy atom. The summed E-state index contributed by atoms with van der Waals surface area (Å²) in [5.74, 6) is 0.228. The molecule has 0 aliphatic heterocycles. The van der Waals surface area contributed by atoms with Crippen LogP contribution in [0, 0.1) is 0 Å². The first-order chi connectivity index (χ1) is 12.8. The molecule has 3 nitrogen and oxygen atoms in total. The zero-order valence-corrected chi connectivity index (χ0v) is 14.4. The Bertz CT molecular complexity index is 1130. The van der Waals surface area contributed by atoms with Gasteiger partial charge in [0.1, 0.15) is 5.58 Å². The van der Waals surface area contributed by atoms with Gasteiger partial charge in [-0.05, 0) is 53.3 Å². The van der Waals surface area contributed by atoms with Crippen LogP contribution in [0.4, 0.5) is 0 Å². The third-order valence-corrected chi connectivity index (χ3v) is 5.32. The van der Waals surface area contributed by atoms with E-state index >= 15 is 0 Å². The van der Waals surface area contributed by atoms with E-state index in [1.54, 1.807) is 0 Å². The molecule has 0 radical (unpaired) electrons. The molecule has 0 fully saturated rings. The van der Waals surface area contributed by atoms with E-state index < -0.39 is 0 Å². The SMILES string of the molecule is O=C(N[C@@H]1CCCc2ccccc21)c1cc2c(ccc3ccccc32)o1. The molecule has 1 N–H and O–H groups in total. The molecule has 1 aromatic heterocycles. The number of hydrogen-bond acceptors (Lipinski definition) is 2. The molecule has 1 heterocycles. The summed E-state index contributed by atoms with van der Waals surface area (Å²) < 4.78 is 5.86. The van der Waals surface area contributed by atoms with E-state index in [0.29, 0.717) is 5.76 Å². The largest absolute Gasteiger partial charge is 0.451 e. The van der Waals surface area contributed by atoms with Gasteiger partial charge in [-0.3, -0.25) is 4.79 Å². The summed E-state index contributed by atoms with van der Waals surface area (Å²) in [5, 5.41) is 6.41. The Balaban J connectivity index is 1.49. The molecular formula is C23H19NO2. The third kappa shape index (κ3) is 2.48. The molecule has 1 aliphatic carbocycles. The Hall–Kier alpha value is -3.07. The number of furan rings is 1. The van der Waals surface area contributed by atoms with Crippen LogP contribution in [0.15, 0.2) is 71.1 Å². The maximum Gasteiger partial charge on any atom is 0.287 e. The van der Waals surface area contributed by atoms with E-state index in [0.717, 1.165) is 41.0 Å². The fraction of sp³-hybridized carbons (Fsp3) is 0.174. The van der Waals surface area contributed by atoms with E-state index in [2.05, 4.69) is 35.6 Å². The Labute approximate surface area is 151 Å². The third-order valence-electron chi connectivity index (χ3n) is 5.32. The zero-order valence-electron chi connectivity index (χ0n) is 14.4. The second-order valence-corrected chi connectivity index (χ2v) is 6.93. The average molecular weight is 341 g/mol. The van der Waals surface area contributed by atoms with Gasteiger partial charge in [-0.2, -0.15) is 0 Å². The monoisotopic (exact) mass is 341 g/mol. The molecular weight excluding hydrogens is 322 g/mol. The molecule has 128 valence electrons. The number of aryl methyl sites for hydroxylation is 1. The van der Waals surface area contributed by atoms with Crippen molar-refractivity contribution in [2.45, 2.75) is 25.3 Å². The van der Waals surface area contributed by atoms with Crippen LogP contribution in [-0.2, 0) is 6.42 Å². The topological polar surface area (TPSA) is 42.2 Å². The number of rotatable bonds is 2. The number of amides is 1. The van der Waals surface area contributed by atoms with Crippen LogP contribution in [0.3, 0.4) is 0 Å². The van der Waals surface area contributed by atoms with Gasteiger partial charge >= 0.3 is 0 Å². The number of hydrogen-bond donors (Lipinski definition) is 1. The summed E-state index contributed by atoms with van der Waals surface area (Å²) in [6.45, 7) is 0. The second kappa shape index (κ2) is 6.03. The first-order valence-electron chi connectivity index (χ1n) is 9.09. The molecule has 1 aliphatic rings. The van der Waals surface area contributed by atoms with Gasteiger partial charge in [-0.15, -0.1) is 0 Å². The van der Waals surface area contributed by atoms with Crippen LogP contribution in [0.5, 0.6) is 0 Å². The van der Waals surface area contributed by atoms with Gasteiger partial charge in [0.25, 0.3) is 5.91 Å². The van der Waals surface area contributed by atoms with Gasteiger partial charge in [0.2, 0.25) is 0 Å². The molecule has 3 heteroatoms. The van der Waals surface area contributed by atoms with E-state index in [4.69, 9.17) is 4.42 Å². The molecule has 0 saturated heterocycles. The molecule has 5 rings (SSSR count). The van der Waals surface area contributed by atoms with Crippen molar-refractivity contribution in [3.8, 4) is 0 Å². The Morgan fingerprint density at radius 3 is 2.77 bits per heavy atom. The van der Waals surface area contributed by atoms with Gasteiger partial charge in [0.05, 0.1) is 6.04 Å². The molecule has 4 aromatic rings. The summed E-state index contributed by atoms with van der Waals surface area (Å²) >= 11 is 0. The van der Waals surface area contributed by atoms with Gasteiger partial charge in [-0.25, -0.2) is 0 Å². The summed E-state index contributed by atoms with van der Waals surface area (Å²) in [6, 6.07) is 22.4. The predicted octanol–water partition coefficient (Wildman–Crippen LogP) is 5.39. The second-order valence-electron chi connectivity index (χ2n) is 6.93. The fourth-order valence-electron chi connectivity index (χ4n) is 4.04. The number of benzene rings is 3. The quantitative estimate of drug-likeness (QED) is 0.531. The van der Waals surface area contributed by atoms with Crippen molar-refractivity contribution in [1.82, 2.24) is 5.32 Å². The van der Waals surface area contributed by atoms with Crippen molar-refractivity contribution in [3.63, 3.8) is 0 Å². The molecule has 3 aromatic carbocycles. The molecule has 1 amide bonds. The first kappa shape index (κ1) is 15.2. The lowest BCUT2D eigenvalue weighted by Crippen LogP contribution is -2.30. The van der Waals surface area contributed by atoms with Crippen molar-refractivity contribution >= 4 is 27.6 Å². The van der Waals surface area contributed by atoms with Crippen molar-refractivity contribution in [2.24, 2.45) is 0 Å². The smallest absolute Gasteiger partial charge is 0.287 e. The van der Waals surface area contributed by atoms with Crippen molar-refractivity contribution in [1.29, 1.82) is 0 Å². The Kier molecular flexibility index (Phi) is 3.52. The van der Waals surface area contributed by atoms with Gasteiger partial charge < -0.3 is 9.73 Å². The standard InChI is InChI=1S/C23H19NO2/c25-23(24-20-11-5-8-15-6-2-4-10-18(15)20)22-14-19-17-9-3-1-7-16(17)12-13-21(19)26-22/h1-4,6-7,9-10,12-14,20H,5,8,11H2,(H,24,25)/t20-/m1/s1. The lowest BCUT2D eigenvalue weighted by Gasteiger charge is -2.25. The van der Waals surface area contributed by atoms with Crippen LogP contribution in [0.25, 0.3) is 21.7 Å². The molecule has 26 heavy (non-hydrogen) atoms. The average Bonchev–Trinajstić information content (AvgIpc) is 3.13. The van der Waals surface area contributed by atoms with Crippen molar-refractivity contribution in [2.75, 3.05) is 0 Å². The van der Waals surface area contributed by atoms with Crippen LogP contribution in [0.1, 0.15) is 40.6 Å². The number of carbonyl (C=O) groups is 1. The highest BCUT2D eigenvalue weighted by atomic mass is 16.3. The van der Waals surface area contributed by atoms with Gasteiger partial charge in [-0.1, -0.05) is 54.6 Å². The lowest BCUT2D eigenvalue weighted by molar-refractivity contribution is 0.0907. The van der Waals surface area contributed by atoms with Crippen LogP contribution < -0.4 is 5.32 Å². The van der Waals surface area contributed by atoms with E-state index in [1.807, 2.05) is 36.4 Å². The highest BCUT2D eigenvalue weighted by Crippen LogP contribution is 2.31. The minimum atomic E-state index is -0.146. The highest BCUT2D eigenvalue weighted by Gasteiger charge is 2.23. The molecule has 0 saturated carbocycles. The lowest BCUT2D eigenvalue weighted by atomic mass is 9.88. The number of fused-ring (bicyclic) bond motifs is 4. The van der Waals surface area contributed by atoms with Gasteiger partial charge in [0.15, 0.2) is 5.76 Å². The molecule has 0 unspecified atom stereocenters. The molecule has 0 spiro atoms. The van der Waals surface area contributed by atoms with E-state index in [9.17, 15) is 4.79 Å². The zero-order chi connectivity index (χ0) is 17.5. The first-order valence-corrected chi connectivity index (χ1v) is 9.09. The fourth-order valence-corrected chi connectivity index (χ4v) is 4.04. The van der Waals surface area contributed by atoms with Crippen molar-refractivity contribution < 1.29 is 9.21 Å². The summed E-state index contributed by atoms with van der Waals surface area (Å²) in [7, 11) is 0. The van der Waals surface area contributed by atoms with Crippen molar-refractivity contribution in [3.05, 3.63) is 83.6 Å². The minimum absolute atomic E-state index is 0.0532. The van der Waals surface area contributed by atoms with E-state index in [1.165, 1.54) is 11.1 Å². The van der Waals surface area contributed by atoms with Crippen LogP contribution >= 0.6 is 0 Å². The molecule has 1 atom stereocenters. The summed E-state index contributed by atoms with van der Waals surface area (Å²) in [4.78, 5) is 12.8. The normalized spacial score (nSPS) is 16.5. The summed E-state index contributed by atoms with van der Waals surface area (Å²) in [6.07, 6.45) is 3.14. The van der Waals surface area contributed by atoms with Crippen LogP contribution in [0.2, 0.25) is 0 Å². The summed E-state index contributed by atoms with van der Waals surface area (Å²) in [5.41, 5.74) is 3.31. The Morgan fingerprint density at radius 1 is 0.962 bits per heavy atom. The number of nitrogens with one attached hydrogen (secondary N) is 1. The predicted molar refractivity (Wildman–Crippen MR) is 103 cm³/mol. The maximum atomic E-state index is 12.8. The minimum Gasteiger partial charge on any atom is -0.451 e. The van der Waals surface area contributed by atoms with E-state index in [-0.39, 0.29) is 11.9 Å².